The Morgan fingerprint density at radius 3 is 2.54 bits per heavy atom. The molecule has 0 aliphatic heterocycles. The molecule has 1 saturated carbocycles. The van der Waals surface area contributed by atoms with Crippen LogP contribution in [-0.2, 0) is 4.79 Å². The quantitative estimate of drug-likeness (QED) is 0.815. The third kappa shape index (κ3) is 3.33. The van der Waals surface area contributed by atoms with E-state index in [1.807, 2.05) is 24.3 Å². The molecule has 0 unspecified atom stereocenters. The second-order valence-corrected chi connectivity index (χ2v) is 6.61. The van der Waals surface area contributed by atoms with Crippen molar-refractivity contribution in [1.82, 2.24) is 19.9 Å². The van der Waals surface area contributed by atoms with Crippen LogP contribution >= 0.6 is 15.9 Å². The zero-order valence-electron chi connectivity index (χ0n) is 13.1. The van der Waals surface area contributed by atoms with E-state index in [2.05, 4.69) is 26.2 Å². The van der Waals surface area contributed by atoms with Gasteiger partial charge in [0.2, 0.25) is 0 Å². The van der Waals surface area contributed by atoms with Crippen LogP contribution in [0.15, 0.2) is 28.7 Å². The summed E-state index contributed by atoms with van der Waals surface area (Å²) < 4.78 is 2.64. The summed E-state index contributed by atoms with van der Waals surface area (Å²) in [6.07, 6.45) is 1.96. The van der Waals surface area contributed by atoms with Crippen molar-refractivity contribution < 1.29 is 14.7 Å². The van der Waals surface area contributed by atoms with Crippen molar-refractivity contribution in [3.63, 3.8) is 0 Å². The van der Waals surface area contributed by atoms with E-state index in [9.17, 15) is 9.59 Å². The average Bonchev–Trinajstić information content (AvgIpc) is 3.31. The molecule has 1 N–H and O–H groups in total. The predicted octanol–water partition coefficient (Wildman–Crippen LogP) is 2.45. The lowest BCUT2D eigenvalue weighted by molar-refractivity contribution is -0.137. The van der Waals surface area contributed by atoms with Gasteiger partial charge in [-0.1, -0.05) is 21.1 Å². The van der Waals surface area contributed by atoms with Crippen LogP contribution in [0, 0.1) is 0 Å². The minimum absolute atomic E-state index is 0.242. The second kappa shape index (κ2) is 6.72. The molecule has 0 saturated heterocycles. The zero-order valence-corrected chi connectivity index (χ0v) is 14.7. The van der Waals surface area contributed by atoms with Crippen LogP contribution in [0.4, 0.5) is 0 Å². The van der Waals surface area contributed by atoms with E-state index in [0.717, 1.165) is 28.7 Å². The van der Waals surface area contributed by atoms with Crippen LogP contribution in [0.25, 0.3) is 5.69 Å². The Bertz CT molecular complexity index is 768. The number of carboxylic acid groups (broad SMARTS) is 1. The predicted molar refractivity (Wildman–Crippen MR) is 90.2 cm³/mol. The number of nitrogens with zero attached hydrogens (tertiary/aromatic N) is 4. The maximum Gasteiger partial charge on any atom is 0.323 e. The van der Waals surface area contributed by atoms with Gasteiger partial charge in [0.05, 0.1) is 11.4 Å². The third-order valence-electron chi connectivity index (χ3n) is 3.94. The lowest BCUT2D eigenvalue weighted by Crippen LogP contribution is -2.36. The molecule has 1 aromatic carbocycles. The largest absolute Gasteiger partial charge is 0.480 e. The second-order valence-electron chi connectivity index (χ2n) is 5.70. The van der Waals surface area contributed by atoms with E-state index >= 15 is 0 Å². The molecule has 1 aromatic heterocycles. The van der Waals surface area contributed by atoms with Gasteiger partial charge in [-0.15, -0.1) is 5.10 Å². The Balaban J connectivity index is 1.98. The van der Waals surface area contributed by atoms with Gasteiger partial charge in [-0.3, -0.25) is 9.59 Å². The highest BCUT2D eigenvalue weighted by Crippen LogP contribution is 2.42. The summed E-state index contributed by atoms with van der Waals surface area (Å²) in [4.78, 5) is 24.9. The van der Waals surface area contributed by atoms with Gasteiger partial charge in [-0.25, -0.2) is 4.68 Å². The SMILES string of the molecule is CCN(CC(=O)O)C(=O)c1nnn(-c2ccc(Br)cc2)c1C1CC1. The molecule has 0 spiro atoms. The normalized spacial score (nSPS) is 13.8. The van der Waals surface area contributed by atoms with Gasteiger partial charge < -0.3 is 10.0 Å². The van der Waals surface area contributed by atoms with Crippen molar-refractivity contribution in [3.8, 4) is 5.69 Å². The molecule has 0 radical (unpaired) electrons. The molecule has 0 atom stereocenters. The molecule has 126 valence electrons. The highest BCUT2D eigenvalue weighted by molar-refractivity contribution is 9.10. The number of amides is 1. The molecule has 3 rings (SSSR count). The highest BCUT2D eigenvalue weighted by atomic mass is 79.9. The van der Waals surface area contributed by atoms with Crippen LogP contribution in [0.5, 0.6) is 0 Å². The molecule has 1 heterocycles. The van der Waals surface area contributed by atoms with Crippen molar-refractivity contribution in [2.24, 2.45) is 0 Å². The zero-order chi connectivity index (χ0) is 17.3. The fourth-order valence-electron chi connectivity index (χ4n) is 2.58. The average molecular weight is 393 g/mol. The third-order valence-corrected chi connectivity index (χ3v) is 4.47. The number of aromatic nitrogens is 3. The molecule has 7 nitrogen and oxygen atoms in total. The molecular formula is C16H17BrN4O3. The number of aliphatic carboxylic acids is 1. The first-order chi connectivity index (χ1) is 11.5. The van der Waals surface area contributed by atoms with Gasteiger partial charge in [0.1, 0.15) is 6.54 Å². The standard InChI is InChI=1S/C16H17BrN4O3/c1-2-20(9-13(22)23)16(24)14-15(10-3-4-10)21(19-18-14)12-7-5-11(17)6-8-12/h5-8,10H,2-4,9H2,1H3,(H,22,23). The first-order valence-corrected chi connectivity index (χ1v) is 8.53. The number of carboxylic acids is 1. The van der Waals surface area contributed by atoms with Crippen molar-refractivity contribution >= 4 is 27.8 Å². The van der Waals surface area contributed by atoms with Gasteiger partial charge in [-0.2, -0.15) is 0 Å². The summed E-state index contributed by atoms with van der Waals surface area (Å²) in [7, 11) is 0. The Kier molecular flexibility index (Phi) is 4.66. The van der Waals surface area contributed by atoms with E-state index in [-0.39, 0.29) is 24.1 Å². The van der Waals surface area contributed by atoms with E-state index < -0.39 is 5.97 Å². The van der Waals surface area contributed by atoms with Gasteiger partial charge in [0.25, 0.3) is 5.91 Å². The van der Waals surface area contributed by atoms with Crippen LogP contribution < -0.4 is 0 Å². The topological polar surface area (TPSA) is 88.3 Å². The minimum atomic E-state index is -1.04. The Labute approximate surface area is 147 Å². The molecule has 1 amide bonds. The van der Waals surface area contributed by atoms with E-state index in [4.69, 9.17) is 5.11 Å². The fourth-order valence-corrected chi connectivity index (χ4v) is 2.84. The summed E-state index contributed by atoms with van der Waals surface area (Å²) in [6, 6.07) is 7.59. The monoisotopic (exact) mass is 392 g/mol. The van der Waals surface area contributed by atoms with Crippen LogP contribution in [0.2, 0.25) is 0 Å². The molecule has 0 bridgehead atoms. The molecule has 1 aliphatic rings. The van der Waals surface area contributed by atoms with E-state index in [1.165, 1.54) is 4.90 Å². The van der Waals surface area contributed by atoms with Crippen molar-refractivity contribution in [3.05, 3.63) is 40.1 Å². The van der Waals surface area contributed by atoms with E-state index in [0.29, 0.717) is 6.54 Å². The minimum Gasteiger partial charge on any atom is -0.480 e. The summed E-state index contributed by atoms with van der Waals surface area (Å²) >= 11 is 3.40. The Morgan fingerprint density at radius 1 is 1.33 bits per heavy atom. The molecule has 2 aromatic rings. The Hall–Kier alpha value is -2.22. The lowest BCUT2D eigenvalue weighted by atomic mass is 10.2. The van der Waals surface area contributed by atoms with Crippen molar-refractivity contribution in [1.29, 1.82) is 0 Å². The molecule has 1 aliphatic carbocycles. The first kappa shape index (κ1) is 16.6. The van der Waals surface area contributed by atoms with Crippen LogP contribution in [0.1, 0.15) is 41.9 Å². The molecule has 24 heavy (non-hydrogen) atoms. The number of carbonyl (C=O) groups is 2. The van der Waals surface area contributed by atoms with Gasteiger partial charge >= 0.3 is 5.97 Å². The van der Waals surface area contributed by atoms with Gasteiger partial charge in [0, 0.05) is 16.9 Å². The Morgan fingerprint density at radius 2 is 2.00 bits per heavy atom. The summed E-state index contributed by atoms with van der Waals surface area (Å²) in [5, 5.41) is 17.2. The smallest absolute Gasteiger partial charge is 0.323 e. The van der Waals surface area contributed by atoms with Crippen molar-refractivity contribution in [2.45, 2.75) is 25.7 Å². The molecule has 1 fully saturated rings. The molecule has 8 heteroatoms. The maximum absolute atomic E-state index is 12.7. The maximum atomic E-state index is 12.7. The van der Waals surface area contributed by atoms with Gasteiger partial charge in [-0.05, 0) is 44.0 Å². The lowest BCUT2D eigenvalue weighted by Gasteiger charge is -2.17. The van der Waals surface area contributed by atoms with Crippen LogP contribution in [-0.4, -0.2) is 50.0 Å². The number of hydrogen-bond acceptors (Lipinski definition) is 4. The van der Waals surface area contributed by atoms with Crippen molar-refractivity contribution in [2.75, 3.05) is 13.1 Å². The number of carbonyl (C=O) groups excluding carboxylic acids is 1. The fraction of sp³-hybridized carbons (Fsp3) is 0.375. The summed E-state index contributed by atoms with van der Waals surface area (Å²) in [6.45, 7) is 1.71. The number of likely N-dealkylation sites (N-methyl/N-ethyl adjacent to an activating group) is 1. The summed E-state index contributed by atoms with van der Waals surface area (Å²) in [5.74, 6) is -1.19. The highest BCUT2D eigenvalue weighted by Gasteiger charge is 2.35. The first-order valence-electron chi connectivity index (χ1n) is 7.73. The van der Waals surface area contributed by atoms with Gasteiger partial charge in [0.15, 0.2) is 5.69 Å². The van der Waals surface area contributed by atoms with E-state index in [1.54, 1.807) is 11.6 Å². The van der Waals surface area contributed by atoms with Crippen LogP contribution in [0.3, 0.4) is 0 Å². The number of benzene rings is 1. The number of rotatable bonds is 6. The number of hydrogen-bond donors (Lipinski definition) is 1. The molecular weight excluding hydrogens is 376 g/mol. The number of halogens is 1. The summed E-state index contributed by atoms with van der Waals surface area (Å²) in [5.41, 5.74) is 1.85.